The topological polar surface area (TPSA) is 117 Å². The van der Waals surface area contributed by atoms with Crippen LogP contribution in [-0.4, -0.2) is 111 Å². The minimum atomic E-state index is -2.35. The molecule has 0 saturated carbocycles. The zero-order valence-corrected chi connectivity index (χ0v) is 27.6. The van der Waals surface area contributed by atoms with Crippen LogP contribution in [0.5, 0.6) is 5.75 Å². The predicted molar refractivity (Wildman–Crippen MR) is 161 cm³/mol. The van der Waals surface area contributed by atoms with Crippen molar-refractivity contribution in [3.05, 3.63) is 29.1 Å². The number of esters is 2. The van der Waals surface area contributed by atoms with Gasteiger partial charge in [-0.05, 0) is 6.42 Å². The predicted octanol–water partition coefficient (Wildman–Crippen LogP) is 5.09. The number of ether oxygens (including phenoxy) is 9. The molecule has 0 N–H and O–H groups in total. The molecule has 1 aromatic rings. The fraction of sp³-hybridized carbons (Fsp3) is 0.750. The molecule has 0 aromatic heterocycles. The Hall–Kier alpha value is -2.47. The molecule has 0 radical (unpaired) electrons. The van der Waals surface area contributed by atoms with Gasteiger partial charge in [0.15, 0.2) is 0 Å². The Kier molecular flexibility index (Phi) is 26.7. The Bertz CT molecular complexity index is 975. The third kappa shape index (κ3) is 21.5. The van der Waals surface area contributed by atoms with Crippen LogP contribution in [0.25, 0.3) is 0 Å². The molecule has 0 bridgehead atoms. The molecule has 0 heterocycles. The molecule has 0 aliphatic carbocycles. The van der Waals surface area contributed by atoms with Crippen LogP contribution in [0.4, 0.5) is 22.0 Å². The van der Waals surface area contributed by atoms with Gasteiger partial charge in [0, 0.05) is 6.42 Å². The molecule has 48 heavy (non-hydrogen) atoms. The maximum atomic E-state index is 13.5. The number of unbranched alkanes of at least 4 members (excludes halogenated alkanes) is 5. The van der Waals surface area contributed by atoms with Gasteiger partial charge in [0.25, 0.3) is 0 Å². The first kappa shape index (κ1) is 43.6. The summed E-state index contributed by atoms with van der Waals surface area (Å²) < 4.78 is 113. The highest BCUT2D eigenvalue weighted by molar-refractivity contribution is 5.72. The highest BCUT2D eigenvalue weighted by Crippen LogP contribution is 2.29. The molecule has 0 spiro atoms. The largest absolute Gasteiger partial charge is 0.463 e. The standard InChI is InChI=1S/C32H49F5O11/c1-2-3-4-5-6-7-8-25(38)47-24-23-46-22-21-45-20-19-44-18-17-43-16-15-42-14-13-41-12-11-40-10-9-26(39)48-32-30(36)28(34)27(33)29(35)31(32)37/h2-24H2,1H3. The van der Waals surface area contributed by atoms with E-state index in [4.69, 9.17) is 37.9 Å². The lowest BCUT2D eigenvalue weighted by atomic mass is 10.1. The van der Waals surface area contributed by atoms with Gasteiger partial charge in [-0.2, -0.15) is 8.78 Å². The summed E-state index contributed by atoms with van der Waals surface area (Å²) in [5.41, 5.74) is 0. The lowest BCUT2D eigenvalue weighted by Crippen LogP contribution is -2.16. The molecular weight excluding hydrogens is 655 g/mol. The third-order valence-corrected chi connectivity index (χ3v) is 6.29. The molecule has 0 saturated heterocycles. The third-order valence-electron chi connectivity index (χ3n) is 6.29. The molecular formula is C32H49F5O11. The van der Waals surface area contributed by atoms with E-state index in [2.05, 4.69) is 11.7 Å². The Labute approximate surface area is 278 Å². The number of hydrogen-bond acceptors (Lipinski definition) is 11. The second-order valence-corrected chi connectivity index (χ2v) is 10.1. The van der Waals surface area contributed by atoms with E-state index in [0.717, 1.165) is 19.3 Å². The minimum Gasteiger partial charge on any atom is -0.463 e. The molecule has 278 valence electrons. The first-order valence-electron chi connectivity index (χ1n) is 16.2. The van der Waals surface area contributed by atoms with Crippen LogP contribution >= 0.6 is 0 Å². The zero-order valence-electron chi connectivity index (χ0n) is 27.6. The van der Waals surface area contributed by atoms with Gasteiger partial charge < -0.3 is 42.6 Å². The summed E-state index contributed by atoms with van der Waals surface area (Å²) in [7, 11) is 0. The van der Waals surface area contributed by atoms with Crippen molar-refractivity contribution in [1.82, 2.24) is 0 Å². The minimum absolute atomic E-state index is 0.0791. The van der Waals surface area contributed by atoms with E-state index < -0.39 is 47.2 Å². The average Bonchev–Trinajstić information content (AvgIpc) is 3.08. The van der Waals surface area contributed by atoms with Crippen LogP contribution in [0.2, 0.25) is 0 Å². The van der Waals surface area contributed by atoms with Crippen molar-refractivity contribution >= 4 is 11.9 Å². The SMILES string of the molecule is CCCCCCCCC(=O)OCCOCCOCCOCCOCCOCCOCCOCCC(=O)Oc1c(F)c(F)c(F)c(F)c1F. The lowest BCUT2D eigenvalue weighted by molar-refractivity contribution is -0.145. The van der Waals surface area contributed by atoms with Gasteiger partial charge in [0.2, 0.25) is 34.8 Å². The van der Waals surface area contributed by atoms with Crippen molar-refractivity contribution in [3.63, 3.8) is 0 Å². The quantitative estimate of drug-likeness (QED) is 0.0250. The van der Waals surface area contributed by atoms with Gasteiger partial charge in [-0.15, -0.1) is 0 Å². The van der Waals surface area contributed by atoms with Gasteiger partial charge >= 0.3 is 11.9 Å². The van der Waals surface area contributed by atoms with Crippen LogP contribution in [0, 0.1) is 29.1 Å². The van der Waals surface area contributed by atoms with Gasteiger partial charge in [0.05, 0.1) is 98.9 Å². The van der Waals surface area contributed by atoms with Crippen molar-refractivity contribution < 1.29 is 74.2 Å². The molecule has 0 unspecified atom stereocenters. The van der Waals surface area contributed by atoms with Crippen LogP contribution in [0.3, 0.4) is 0 Å². The summed E-state index contributed by atoms with van der Waals surface area (Å²) in [6.07, 6.45) is 6.74. The fourth-order valence-corrected chi connectivity index (χ4v) is 3.75. The van der Waals surface area contributed by atoms with Crippen molar-refractivity contribution in [2.45, 2.75) is 58.3 Å². The van der Waals surface area contributed by atoms with E-state index in [1.54, 1.807) is 0 Å². The number of benzene rings is 1. The van der Waals surface area contributed by atoms with Gasteiger partial charge in [-0.1, -0.05) is 39.0 Å². The average molecular weight is 705 g/mol. The van der Waals surface area contributed by atoms with Crippen molar-refractivity contribution in [2.75, 3.05) is 99.1 Å². The summed E-state index contributed by atoms with van der Waals surface area (Å²) in [4.78, 5) is 23.3. The molecule has 0 amide bonds. The highest BCUT2D eigenvalue weighted by atomic mass is 19.2. The monoisotopic (exact) mass is 704 g/mol. The van der Waals surface area contributed by atoms with Crippen molar-refractivity contribution in [1.29, 1.82) is 0 Å². The molecule has 16 heteroatoms. The van der Waals surface area contributed by atoms with Gasteiger partial charge in [0.1, 0.15) is 6.61 Å². The first-order valence-corrected chi connectivity index (χ1v) is 16.2. The maximum Gasteiger partial charge on any atom is 0.313 e. The van der Waals surface area contributed by atoms with Crippen LogP contribution in [-0.2, 0) is 47.5 Å². The van der Waals surface area contributed by atoms with E-state index in [0.29, 0.717) is 72.5 Å². The summed E-state index contributed by atoms with van der Waals surface area (Å²) >= 11 is 0. The Balaban J connectivity index is 1.79. The number of carbonyl (C=O) groups excluding carboxylic acids is 2. The number of hydrogen-bond donors (Lipinski definition) is 0. The molecule has 11 nitrogen and oxygen atoms in total. The van der Waals surface area contributed by atoms with Crippen LogP contribution in [0.15, 0.2) is 0 Å². The lowest BCUT2D eigenvalue weighted by Gasteiger charge is -2.09. The van der Waals surface area contributed by atoms with Crippen LogP contribution in [0.1, 0.15) is 58.3 Å². The normalized spacial score (nSPS) is 11.3. The van der Waals surface area contributed by atoms with E-state index in [-0.39, 0.29) is 39.0 Å². The second kappa shape index (κ2) is 29.4. The molecule has 1 aromatic carbocycles. The fourth-order valence-electron chi connectivity index (χ4n) is 3.75. The van der Waals surface area contributed by atoms with Crippen LogP contribution < -0.4 is 4.74 Å². The van der Waals surface area contributed by atoms with E-state index in [9.17, 15) is 31.5 Å². The summed E-state index contributed by atoms with van der Waals surface area (Å²) in [5.74, 6) is -14.3. The van der Waals surface area contributed by atoms with Gasteiger partial charge in [-0.3, -0.25) is 9.59 Å². The van der Waals surface area contributed by atoms with Crippen molar-refractivity contribution in [3.8, 4) is 5.75 Å². The number of halogens is 5. The van der Waals surface area contributed by atoms with E-state index in [1.807, 2.05) is 0 Å². The van der Waals surface area contributed by atoms with Crippen molar-refractivity contribution in [2.24, 2.45) is 0 Å². The molecule has 0 aliphatic heterocycles. The Morgan fingerprint density at radius 2 is 0.771 bits per heavy atom. The molecule has 0 atom stereocenters. The smallest absolute Gasteiger partial charge is 0.313 e. The molecule has 0 fully saturated rings. The molecule has 0 aliphatic rings. The van der Waals surface area contributed by atoms with E-state index in [1.165, 1.54) is 19.3 Å². The zero-order chi connectivity index (χ0) is 35.2. The number of rotatable bonds is 32. The maximum absolute atomic E-state index is 13.5. The summed E-state index contributed by atoms with van der Waals surface area (Å²) in [6, 6.07) is 0. The highest BCUT2D eigenvalue weighted by Gasteiger charge is 2.28. The first-order chi connectivity index (χ1) is 23.3. The van der Waals surface area contributed by atoms with E-state index >= 15 is 0 Å². The number of carbonyl (C=O) groups is 2. The second-order valence-electron chi connectivity index (χ2n) is 10.1. The van der Waals surface area contributed by atoms with Gasteiger partial charge in [-0.25, -0.2) is 13.2 Å². The Morgan fingerprint density at radius 3 is 1.21 bits per heavy atom. The molecule has 1 rings (SSSR count). The summed E-state index contributed by atoms with van der Waals surface area (Å²) in [6.45, 7) is 6.53. The Morgan fingerprint density at radius 1 is 0.417 bits per heavy atom. The summed E-state index contributed by atoms with van der Waals surface area (Å²) in [5, 5.41) is 0.